The van der Waals surface area contributed by atoms with Gasteiger partial charge in [-0.1, -0.05) is 11.6 Å². The molecular formula is C11H15ClN4O2. The number of hydrazine groups is 1. The first-order valence-electron chi connectivity index (χ1n) is 5.72. The van der Waals surface area contributed by atoms with Crippen LogP contribution < -0.4 is 16.6 Å². The Morgan fingerprint density at radius 1 is 1.44 bits per heavy atom. The predicted octanol–water partition coefficient (Wildman–Crippen LogP) is 0.929. The number of halogens is 1. The first-order valence-corrected chi connectivity index (χ1v) is 6.10. The van der Waals surface area contributed by atoms with E-state index < -0.39 is 0 Å². The van der Waals surface area contributed by atoms with Crippen molar-refractivity contribution in [1.29, 1.82) is 0 Å². The minimum absolute atomic E-state index is 0.110. The summed E-state index contributed by atoms with van der Waals surface area (Å²) in [6.45, 7) is 1.33. The third kappa shape index (κ3) is 3.10. The number of nitrogens with two attached hydrogens (primary N) is 1. The molecule has 0 saturated carbocycles. The number of carbonyl (C=O) groups is 1. The number of nitrogens with one attached hydrogen (secondary N) is 2. The molecule has 0 bridgehead atoms. The van der Waals surface area contributed by atoms with E-state index in [0.29, 0.717) is 24.1 Å². The molecule has 0 atom stereocenters. The molecule has 2 heterocycles. The van der Waals surface area contributed by atoms with Gasteiger partial charge in [0.1, 0.15) is 11.5 Å². The van der Waals surface area contributed by atoms with E-state index in [4.69, 9.17) is 22.2 Å². The van der Waals surface area contributed by atoms with Crippen LogP contribution in [0.1, 0.15) is 23.3 Å². The fourth-order valence-corrected chi connectivity index (χ4v) is 1.97. The molecule has 1 saturated heterocycles. The van der Waals surface area contributed by atoms with Crippen LogP contribution in [0.2, 0.25) is 5.02 Å². The Kier molecular flexibility index (Phi) is 4.35. The van der Waals surface area contributed by atoms with Crippen LogP contribution in [0.4, 0.5) is 5.82 Å². The van der Waals surface area contributed by atoms with Crippen molar-refractivity contribution in [3.8, 4) is 0 Å². The lowest BCUT2D eigenvalue weighted by atomic mass is 10.1. The SMILES string of the molecule is NNc1ccc(Cl)c(C(=O)NC2CCOCC2)n1. The molecule has 0 aliphatic carbocycles. The summed E-state index contributed by atoms with van der Waals surface area (Å²) in [5, 5.41) is 3.20. The van der Waals surface area contributed by atoms with Crippen molar-refractivity contribution in [1.82, 2.24) is 10.3 Å². The molecule has 1 aromatic rings. The van der Waals surface area contributed by atoms with Gasteiger partial charge in [0.05, 0.1) is 5.02 Å². The van der Waals surface area contributed by atoms with Gasteiger partial charge < -0.3 is 15.5 Å². The van der Waals surface area contributed by atoms with Gasteiger partial charge >= 0.3 is 0 Å². The molecule has 1 amide bonds. The maximum absolute atomic E-state index is 12.0. The highest BCUT2D eigenvalue weighted by Gasteiger charge is 2.19. The van der Waals surface area contributed by atoms with Gasteiger partial charge in [-0.3, -0.25) is 4.79 Å². The molecule has 0 unspecified atom stereocenters. The number of nitrogen functional groups attached to an aromatic ring is 1. The van der Waals surface area contributed by atoms with E-state index in [0.717, 1.165) is 12.8 Å². The van der Waals surface area contributed by atoms with Gasteiger partial charge in [-0.15, -0.1) is 0 Å². The zero-order valence-corrected chi connectivity index (χ0v) is 10.5. The summed E-state index contributed by atoms with van der Waals surface area (Å²) in [7, 11) is 0. The lowest BCUT2D eigenvalue weighted by Gasteiger charge is -2.23. The lowest BCUT2D eigenvalue weighted by Crippen LogP contribution is -2.39. The van der Waals surface area contributed by atoms with E-state index in [1.807, 2.05) is 0 Å². The minimum Gasteiger partial charge on any atom is -0.381 e. The van der Waals surface area contributed by atoms with Crippen molar-refractivity contribution in [2.24, 2.45) is 5.84 Å². The van der Waals surface area contributed by atoms with Crippen LogP contribution >= 0.6 is 11.6 Å². The molecule has 1 aliphatic rings. The number of pyridine rings is 1. The molecular weight excluding hydrogens is 256 g/mol. The second-order valence-electron chi connectivity index (χ2n) is 4.03. The van der Waals surface area contributed by atoms with Crippen LogP contribution in [-0.2, 0) is 4.74 Å². The van der Waals surface area contributed by atoms with Gasteiger partial charge in [0.2, 0.25) is 0 Å². The molecule has 7 heteroatoms. The first-order chi connectivity index (χ1) is 8.70. The molecule has 1 aliphatic heterocycles. The maximum atomic E-state index is 12.0. The van der Waals surface area contributed by atoms with Crippen molar-refractivity contribution >= 4 is 23.3 Å². The van der Waals surface area contributed by atoms with Crippen molar-refractivity contribution < 1.29 is 9.53 Å². The van der Waals surface area contributed by atoms with Crippen molar-refractivity contribution in [3.05, 3.63) is 22.8 Å². The zero-order chi connectivity index (χ0) is 13.0. The smallest absolute Gasteiger partial charge is 0.271 e. The van der Waals surface area contributed by atoms with E-state index in [-0.39, 0.29) is 17.6 Å². The second-order valence-corrected chi connectivity index (χ2v) is 4.44. The van der Waals surface area contributed by atoms with E-state index in [1.54, 1.807) is 12.1 Å². The molecule has 0 spiro atoms. The predicted molar refractivity (Wildman–Crippen MR) is 68.4 cm³/mol. The van der Waals surface area contributed by atoms with Crippen LogP contribution in [0.15, 0.2) is 12.1 Å². The standard InChI is InChI=1S/C11H15ClN4O2/c12-8-1-2-9(16-13)15-10(8)11(17)14-7-3-5-18-6-4-7/h1-2,7H,3-6,13H2,(H,14,17)(H,15,16). The minimum atomic E-state index is -0.288. The Balaban J connectivity index is 2.07. The number of rotatable bonds is 3. The van der Waals surface area contributed by atoms with Crippen LogP contribution in [0, 0.1) is 0 Å². The highest BCUT2D eigenvalue weighted by Crippen LogP contribution is 2.17. The maximum Gasteiger partial charge on any atom is 0.271 e. The number of ether oxygens (including phenoxy) is 1. The Labute approximate surface area is 110 Å². The van der Waals surface area contributed by atoms with Gasteiger partial charge in [0.15, 0.2) is 0 Å². The fourth-order valence-electron chi connectivity index (χ4n) is 1.78. The normalized spacial score (nSPS) is 16.3. The molecule has 4 N–H and O–H groups in total. The fraction of sp³-hybridized carbons (Fsp3) is 0.455. The Morgan fingerprint density at radius 3 is 2.83 bits per heavy atom. The summed E-state index contributed by atoms with van der Waals surface area (Å²) in [6, 6.07) is 3.30. The number of amides is 1. The highest BCUT2D eigenvalue weighted by atomic mass is 35.5. The van der Waals surface area contributed by atoms with Crippen LogP contribution in [0.25, 0.3) is 0 Å². The largest absolute Gasteiger partial charge is 0.381 e. The quantitative estimate of drug-likeness (QED) is 0.562. The molecule has 6 nitrogen and oxygen atoms in total. The van der Waals surface area contributed by atoms with Gasteiger partial charge in [0.25, 0.3) is 5.91 Å². The Morgan fingerprint density at radius 2 is 2.17 bits per heavy atom. The molecule has 1 aromatic heterocycles. The summed E-state index contributed by atoms with van der Waals surface area (Å²) < 4.78 is 5.23. The molecule has 18 heavy (non-hydrogen) atoms. The molecule has 98 valence electrons. The van der Waals surface area contributed by atoms with Crippen molar-refractivity contribution in [2.75, 3.05) is 18.6 Å². The van der Waals surface area contributed by atoms with Crippen LogP contribution in [0.5, 0.6) is 0 Å². The third-order valence-corrected chi connectivity index (χ3v) is 3.07. The summed E-state index contributed by atoms with van der Waals surface area (Å²) in [5.41, 5.74) is 2.56. The van der Waals surface area contributed by atoms with Crippen molar-refractivity contribution in [2.45, 2.75) is 18.9 Å². The van der Waals surface area contributed by atoms with Gasteiger partial charge in [-0.05, 0) is 25.0 Å². The average molecular weight is 271 g/mol. The number of nitrogens with zero attached hydrogens (tertiary/aromatic N) is 1. The Hall–Kier alpha value is -1.37. The molecule has 2 rings (SSSR count). The topological polar surface area (TPSA) is 89.3 Å². The highest BCUT2D eigenvalue weighted by molar-refractivity contribution is 6.33. The third-order valence-electron chi connectivity index (χ3n) is 2.77. The van der Waals surface area contributed by atoms with E-state index in [2.05, 4.69) is 15.7 Å². The van der Waals surface area contributed by atoms with Crippen LogP contribution in [0.3, 0.4) is 0 Å². The summed E-state index contributed by atoms with van der Waals surface area (Å²) in [5.74, 6) is 5.36. The number of aromatic nitrogens is 1. The summed E-state index contributed by atoms with van der Waals surface area (Å²) >= 11 is 5.95. The van der Waals surface area contributed by atoms with E-state index in [1.165, 1.54) is 0 Å². The van der Waals surface area contributed by atoms with E-state index >= 15 is 0 Å². The average Bonchev–Trinajstić information content (AvgIpc) is 2.40. The van der Waals surface area contributed by atoms with Crippen molar-refractivity contribution in [3.63, 3.8) is 0 Å². The molecule has 0 aromatic carbocycles. The number of carbonyl (C=O) groups excluding carboxylic acids is 1. The van der Waals surface area contributed by atoms with E-state index in [9.17, 15) is 4.79 Å². The summed E-state index contributed by atoms with van der Waals surface area (Å²) in [4.78, 5) is 16.1. The van der Waals surface area contributed by atoms with Gasteiger partial charge in [-0.25, -0.2) is 10.8 Å². The van der Waals surface area contributed by atoms with Gasteiger partial charge in [0, 0.05) is 19.3 Å². The summed E-state index contributed by atoms with van der Waals surface area (Å²) in [6.07, 6.45) is 1.61. The van der Waals surface area contributed by atoms with Crippen LogP contribution in [-0.4, -0.2) is 30.1 Å². The zero-order valence-electron chi connectivity index (χ0n) is 9.78. The Bertz CT molecular complexity index is 435. The number of anilines is 1. The second kappa shape index (κ2) is 5.99. The van der Waals surface area contributed by atoms with Gasteiger partial charge in [-0.2, -0.15) is 0 Å². The first kappa shape index (κ1) is 13.1. The number of hydrogen-bond donors (Lipinski definition) is 3. The molecule has 0 radical (unpaired) electrons. The monoisotopic (exact) mass is 270 g/mol. The molecule has 1 fully saturated rings. The number of hydrogen-bond acceptors (Lipinski definition) is 5. The lowest BCUT2D eigenvalue weighted by molar-refractivity contribution is 0.0694.